The van der Waals surface area contributed by atoms with Gasteiger partial charge in [-0.25, -0.2) is 9.48 Å². The van der Waals surface area contributed by atoms with Crippen LogP contribution in [-0.2, 0) is 4.74 Å². The summed E-state index contributed by atoms with van der Waals surface area (Å²) in [5, 5.41) is 16.0. The van der Waals surface area contributed by atoms with Crippen LogP contribution in [0.3, 0.4) is 0 Å². The smallest absolute Gasteiger partial charge is 0.407 e. The molecule has 0 saturated heterocycles. The summed E-state index contributed by atoms with van der Waals surface area (Å²) < 4.78 is 7.10. The Labute approximate surface area is 209 Å². The molecule has 3 N–H and O–H groups in total. The number of nitrogens with two attached hydrogens (primary N) is 1. The molecule has 0 unspecified atom stereocenters. The van der Waals surface area contributed by atoms with E-state index in [0.29, 0.717) is 31.0 Å². The van der Waals surface area contributed by atoms with Gasteiger partial charge in [-0.05, 0) is 46.4 Å². The number of carbonyl (C=O) groups excluding carboxylic acids is 1. The van der Waals surface area contributed by atoms with Gasteiger partial charge in [0.05, 0.1) is 11.9 Å². The Bertz CT molecular complexity index is 1420. The molecule has 4 aromatic rings. The average Bonchev–Trinajstić information content (AvgIpc) is 3.45. The first-order chi connectivity index (χ1) is 17.7. The number of aromatic nitrogens is 2. The largest absolute Gasteiger partial charge is 0.449 e. The van der Waals surface area contributed by atoms with Crippen molar-refractivity contribution >= 4 is 18.0 Å². The van der Waals surface area contributed by atoms with Crippen LogP contribution in [-0.4, -0.2) is 29.0 Å². The Morgan fingerprint density at radius 3 is 2.36 bits per heavy atom. The lowest BCUT2D eigenvalue weighted by molar-refractivity contribution is 0.143. The van der Waals surface area contributed by atoms with E-state index in [1.807, 2.05) is 66.8 Å². The number of hydrogen-bond donors (Lipinski definition) is 2. The van der Waals surface area contributed by atoms with Crippen LogP contribution in [0.25, 0.3) is 22.9 Å². The molecule has 1 heterocycles. The second kappa shape index (κ2) is 10.2. The van der Waals surface area contributed by atoms with Gasteiger partial charge in [0.15, 0.2) is 0 Å². The summed E-state index contributed by atoms with van der Waals surface area (Å²) in [6.07, 6.45) is 5.68. The van der Waals surface area contributed by atoms with Crippen molar-refractivity contribution in [3.63, 3.8) is 0 Å². The van der Waals surface area contributed by atoms with Crippen LogP contribution in [0.15, 0.2) is 85.1 Å². The lowest BCUT2D eigenvalue weighted by Gasteiger charge is -2.14. The Kier molecular flexibility index (Phi) is 6.50. The van der Waals surface area contributed by atoms with Gasteiger partial charge in [-0.3, -0.25) is 0 Å². The van der Waals surface area contributed by atoms with E-state index >= 15 is 0 Å². The Morgan fingerprint density at radius 2 is 1.72 bits per heavy atom. The predicted molar refractivity (Wildman–Crippen MR) is 139 cm³/mol. The molecule has 1 aliphatic rings. The number of benzene rings is 3. The number of nitrogens with zero attached hydrogens (tertiary/aromatic N) is 3. The first kappa shape index (κ1) is 22.9. The van der Waals surface area contributed by atoms with E-state index in [9.17, 15) is 4.79 Å². The molecule has 0 aliphatic heterocycles. The number of nitriles is 1. The fraction of sp³-hybridized carbons (Fsp3) is 0.138. The van der Waals surface area contributed by atoms with Crippen molar-refractivity contribution in [3.05, 3.63) is 107 Å². The fourth-order valence-corrected chi connectivity index (χ4v) is 4.50. The highest BCUT2D eigenvalue weighted by Crippen LogP contribution is 2.44. The number of alkyl carbamates (subject to hydrolysis) is 1. The Balaban J connectivity index is 1.09. The summed E-state index contributed by atoms with van der Waals surface area (Å²) in [4.78, 5) is 12.3. The van der Waals surface area contributed by atoms with Crippen LogP contribution < -0.4 is 11.1 Å². The lowest BCUT2D eigenvalue weighted by atomic mass is 9.98. The quantitative estimate of drug-likeness (QED) is 0.354. The first-order valence-corrected chi connectivity index (χ1v) is 11.7. The summed E-state index contributed by atoms with van der Waals surface area (Å²) in [7, 11) is 0. The van der Waals surface area contributed by atoms with Crippen LogP contribution in [0.2, 0.25) is 0 Å². The van der Waals surface area contributed by atoms with Gasteiger partial charge in [-0.2, -0.15) is 10.4 Å². The summed E-state index contributed by atoms with van der Waals surface area (Å²) >= 11 is 0. The molecule has 7 nitrogen and oxygen atoms in total. The maximum Gasteiger partial charge on any atom is 0.407 e. The minimum atomic E-state index is -0.414. The number of carbonyl (C=O) groups is 1. The molecule has 0 radical (unpaired) electrons. The standard InChI is InChI=1S/C29H25N5O2/c30-17-21-18-33-34(28(21)31)22-14-12-20(13-15-22)7-5-6-16-32-29(35)36-19-27-25-10-3-1-8-23(25)24-9-2-4-11-26(24)27/h1-5,7-15,18,27H,6,16,19,31H2,(H,32,35). The summed E-state index contributed by atoms with van der Waals surface area (Å²) in [5.41, 5.74) is 12.9. The van der Waals surface area contributed by atoms with E-state index in [1.165, 1.54) is 33.1 Å². The maximum atomic E-state index is 12.3. The monoisotopic (exact) mass is 475 g/mol. The molecule has 0 saturated carbocycles. The highest BCUT2D eigenvalue weighted by Gasteiger charge is 2.28. The molecule has 3 aromatic carbocycles. The molecule has 1 aromatic heterocycles. The van der Waals surface area contributed by atoms with E-state index in [-0.39, 0.29) is 5.92 Å². The molecule has 36 heavy (non-hydrogen) atoms. The molecule has 7 heteroatoms. The molecule has 0 atom stereocenters. The zero-order valence-corrected chi connectivity index (χ0v) is 19.6. The third-order valence-corrected chi connectivity index (χ3v) is 6.30. The Morgan fingerprint density at radius 1 is 1.06 bits per heavy atom. The highest BCUT2D eigenvalue weighted by atomic mass is 16.5. The van der Waals surface area contributed by atoms with E-state index < -0.39 is 6.09 Å². The lowest BCUT2D eigenvalue weighted by Crippen LogP contribution is -2.26. The minimum Gasteiger partial charge on any atom is -0.449 e. The third-order valence-electron chi connectivity index (χ3n) is 6.30. The van der Waals surface area contributed by atoms with Crippen molar-refractivity contribution in [1.82, 2.24) is 15.1 Å². The molecule has 0 bridgehead atoms. The van der Waals surface area contributed by atoms with E-state index in [2.05, 4.69) is 34.7 Å². The fourth-order valence-electron chi connectivity index (χ4n) is 4.50. The highest BCUT2D eigenvalue weighted by molar-refractivity contribution is 5.79. The summed E-state index contributed by atoms with van der Waals surface area (Å²) in [6.45, 7) is 0.782. The predicted octanol–water partition coefficient (Wildman–Crippen LogP) is 5.27. The molecular formula is C29H25N5O2. The molecule has 5 rings (SSSR count). The third kappa shape index (κ3) is 4.57. The zero-order chi connectivity index (χ0) is 24.9. The van der Waals surface area contributed by atoms with Crippen molar-refractivity contribution in [1.29, 1.82) is 5.26 Å². The first-order valence-electron chi connectivity index (χ1n) is 11.7. The molecule has 178 valence electrons. The van der Waals surface area contributed by atoms with Crippen LogP contribution in [0, 0.1) is 11.3 Å². The van der Waals surface area contributed by atoms with Crippen molar-refractivity contribution in [2.75, 3.05) is 18.9 Å². The Hall–Kier alpha value is -4.83. The SMILES string of the molecule is N#Cc1cnn(-c2ccc(C=CCCNC(=O)OCC3c4ccccc4-c4ccccc43)cc2)c1N. The maximum absolute atomic E-state index is 12.3. The number of anilines is 1. The number of ether oxygens (including phenoxy) is 1. The zero-order valence-electron chi connectivity index (χ0n) is 19.6. The number of rotatable bonds is 7. The van der Waals surface area contributed by atoms with Gasteiger partial charge in [0.25, 0.3) is 0 Å². The number of nitrogen functional groups attached to an aromatic ring is 1. The van der Waals surface area contributed by atoms with Gasteiger partial charge < -0.3 is 15.8 Å². The molecule has 1 aliphatic carbocycles. The van der Waals surface area contributed by atoms with Gasteiger partial charge in [0.1, 0.15) is 24.1 Å². The van der Waals surface area contributed by atoms with Crippen molar-refractivity contribution in [2.24, 2.45) is 0 Å². The number of hydrogen-bond acceptors (Lipinski definition) is 5. The van der Waals surface area contributed by atoms with Gasteiger partial charge in [-0.1, -0.05) is 72.8 Å². The van der Waals surface area contributed by atoms with Crippen LogP contribution in [0.1, 0.15) is 34.6 Å². The minimum absolute atomic E-state index is 0.0506. The number of amides is 1. The van der Waals surface area contributed by atoms with E-state index in [1.54, 1.807) is 0 Å². The van der Waals surface area contributed by atoms with Crippen molar-refractivity contribution < 1.29 is 9.53 Å². The molecule has 1 amide bonds. The number of nitrogens with one attached hydrogen (secondary N) is 1. The van der Waals surface area contributed by atoms with Gasteiger partial charge in [0, 0.05) is 12.5 Å². The van der Waals surface area contributed by atoms with Crippen LogP contribution >= 0.6 is 0 Å². The topological polar surface area (TPSA) is 106 Å². The van der Waals surface area contributed by atoms with Crippen molar-refractivity contribution in [3.8, 4) is 22.9 Å². The average molecular weight is 476 g/mol. The number of fused-ring (bicyclic) bond motifs is 3. The molecule has 0 fully saturated rings. The summed E-state index contributed by atoms with van der Waals surface area (Å²) in [5.74, 6) is 0.370. The van der Waals surface area contributed by atoms with E-state index in [4.69, 9.17) is 15.7 Å². The van der Waals surface area contributed by atoms with Crippen LogP contribution in [0.4, 0.5) is 10.6 Å². The summed E-state index contributed by atoms with van der Waals surface area (Å²) in [6, 6.07) is 26.2. The van der Waals surface area contributed by atoms with Gasteiger partial charge >= 0.3 is 6.09 Å². The van der Waals surface area contributed by atoms with Crippen molar-refractivity contribution in [2.45, 2.75) is 12.3 Å². The van der Waals surface area contributed by atoms with Gasteiger partial charge in [0.2, 0.25) is 0 Å². The van der Waals surface area contributed by atoms with Crippen LogP contribution in [0.5, 0.6) is 0 Å². The second-order valence-corrected chi connectivity index (χ2v) is 8.50. The normalized spacial score (nSPS) is 12.2. The molecule has 0 spiro atoms. The second-order valence-electron chi connectivity index (χ2n) is 8.50. The van der Waals surface area contributed by atoms with E-state index in [0.717, 1.165) is 11.3 Å². The van der Waals surface area contributed by atoms with Gasteiger partial charge in [-0.15, -0.1) is 0 Å². The molecular weight excluding hydrogens is 450 g/mol.